The summed E-state index contributed by atoms with van der Waals surface area (Å²) in [5.74, 6) is 0.0800. The molecule has 0 fully saturated rings. The minimum absolute atomic E-state index is 0.106. The van der Waals surface area contributed by atoms with Crippen molar-refractivity contribution < 1.29 is 14.3 Å². The molecule has 2 N–H and O–H groups in total. The van der Waals surface area contributed by atoms with E-state index in [0.717, 1.165) is 16.8 Å². The molecule has 2 aromatic carbocycles. The van der Waals surface area contributed by atoms with Crippen molar-refractivity contribution in [2.45, 2.75) is 39.5 Å². The molecule has 27 heavy (non-hydrogen) atoms. The highest BCUT2D eigenvalue weighted by molar-refractivity contribution is 5.96. The number of nitrogens with one attached hydrogen (secondary N) is 2. The highest BCUT2D eigenvalue weighted by Crippen LogP contribution is 2.32. The van der Waals surface area contributed by atoms with Crippen LogP contribution >= 0.6 is 0 Å². The van der Waals surface area contributed by atoms with Crippen molar-refractivity contribution in [2.75, 3.05) is 24.3 Å². The average Bonchev–Trinajstić information content (AvgIpc) is 2.65. The largest absolute Gasteiger partial charge is 0.465 e. The SMILES string of the molecule is COC(=O)c1cccc(NCC(=O)Nc2c(C(C)C)cccc2C(C)C)c1. The summed E-state index contributed by atoms with van der Waals surface area (Å²) in [7, 11) is 1.34. The molecule has 0 aliphatic carbocycles. The second kappa shape index (κ2) is 9.21. The minimum atomic E-state index is -0.407. The Morgan fingerprint density at radius 3 is 2.11 bits per heavy atom. The lowest BCUT2D eigenvalue weighted by molar-refractivity contribution is -0.114. The second-order valence-electron chi connectivity index (χ2n) is 7.09. The Balaban J connectivity index is 2.12. The van der Waals surface area contributed by atoms with E-state index in [9.17, 15) is 9.59 Å². The van der Waals surface area contributed by atoms with E-state index in [0.29, 0.717) is 23.1 Å². The van der Waals surface area contributed by atoms with Gasteiger partial charge in [-0.1, -0.05) is 52.0 Å². The first kappa shape index (κ1) is 20.5. The summed E-state index contributed by atoms with van der Waals surface area (Å²) in [4.78, 5) is 24.2. The van der Waals surface area contributed by atoms with Gasteiger partial charge in [0.25, 0.3) is 0 Å². The number of carbonyl (C=O) groups is 2. The predicted octanol–water partition coefficient (Wildman–Crippen LogP) is 4.77. The van der Waals surface area contributed by atoms with Gasteiger partial charge in [0.2, 0.25) is 5.91 Å². The Morgan fingerprint density at radius 1 is 0.963 bits per heavy atom. The van der Waals surface area contributed by atoms with E-state index in [1.807, 2.05) is 6.07 Å². The van der Waals surface area contributed by atoms with Crippen LogP contribution in [0.1, 0.15) is 61.0 Å². The van der Waals surface area contributed by atoms with E-state index in [1.165, 1.54) is 7.11 Å². The highest BCUT2D eigenvalue weighted by Gasteiger charge is 2.16. The number of rotatable bonds is 7. The van der Waals surface area contributed by atoms with Gasteiger partial charge in [-0.2, -0.15) is 0 Å². The monoisotopic (exact) mass is 368 g/mol. The zero-order chi connectivity index (χ0) is 20.0. The van der Waals surface area contributed by atoms with Crippen LogP contribution in [-0.4, -0.2) is 25.5 Å². The third-order valence-electron chi connectivity index (χ3n) is 4.37. The summed E-state index contributed by atoms with van der Waals surface area (Å²) in [5, 5.41) is 6.13. The van der Waals surface area contributed by atoms with Crippen molar-refractivity contribution >= 4 is 23.3 Å². The van der Waals surface area contributed by atoms with Crippen LogP contribution in [0.5, 0.6) is 0 Å². The number of anilines is 2. The normalized spacial score (nSPS) is 10.8. The summed E-state index contributed by atoms with van der Waals surface area (Å²) in [6.07, 6.45) is 0. The molecule has 0 radical (unpaired) electrons. The van der Waals surface area contributed by atoms with E-state index < -0.39 is 5.97 Å². The number of para-hydroxylation sites is 1. The molecule has 2 aromatic rings. The molecule has 0 aromatic heterocycles. The average molecular weight is 368 g/mol. The second-order valence-corrected chi connectivity index (χ2v) is 7.09. The number of carbonyl (C=O) groups excluding carboxylic acids is 2. The van der Waals surface area contributed by atoms with Crippen molar-refractivity contribution in [1.29, 1.82) is 0 Å². The van der Waals surface area contributed by atoms with Crippen molar-refractivity contribution in [2.24, 2.45) is 0 Å². The molecule has 0 aliphatic rings. The van der Waals surface area contributed by atoms with Crippen molar-refractivity contribution in [1.82, 2.24) is 0 Å². The van der Waals surface area contributed by atoms with Gasteiger partial charge in [-0.15, -0.1) is 0 Å². The fourth-order valence-electron chi connectivity index (χ4n) is 2.94. The first-order chi connectivity index (χ1) is 12.8. The van der Waals surface area contributed by atoms with Crippen LogP contribution in [0, 0.1) is 0 Å². The molecule has 0 aliphatic heterocycles. The quantitative estimate of drug-likeness (QED) is 0.691. The molecular formula is C22H28N2O3. The Bertz CT molecular complexity index is 787. The third kappa shape index (κ3) is 5.33. The number of amides is 1. The van der Waals surface area contributed by atoms with Crippen LogP contribution in [0.3, 0.4) is 0 Å². The first-order valence-electron chi connectivity index (χ1n) is 9.18. The number of methoxy groups -OCH3 is 1. The predicted molar refractivity (Wildman–Crippen MR) is 110 cm³/mol. The van der Waals surface area contributed by atoms with Gasteiger partial charge in [0.1, 0.15) is 0 Å². The van der Waals surface area contributed by atoms with Gasteiger partial charge in [0.15, 0.2) is 0 Å². The van der Waals surface area contributed by atoms with E-state index in [1.54, 1.807) is 24.3 Å². The fraction of sp³-hybridized carbons (Fsp3) is 0.364. The van der Waals surface area contributed by atoms with Gasteiger partial charge in [-0.3, -0.25) is 4.79 Å². The third-order valence-corrected chi connectivity index (χ3v) is 4.37. The number of ether oxygens (including phenoxy) is 1. The van der Waals surface area contributed by atoms with Crippen molar-refractivity contribution in [3.63, 3.8) is 0 Å². The Kier molecular flexibility index (Phi) is 6.99. The summed E-state index contributed by atoms with van der Waals surface area (Å²) in [6.45, 7) is 8.57. The van der Waals surface area contributed by atoms with Crippen LogP contribution in [0.2, 0.25) is 0 Å². The van der Waals surface area contributed by atoms with Gasteiger partial charge >= 0.3 is 5.97 Å². The van der Waals surface area contributed by atoms with E-state index in [2.05, 4.69) is 50.5 Å². The van der Waals surface area contributed by atoms with Gasteiger partial charge < -0.3 is 15.4 Å². The maximum atomic E-state index is 12.5. The van der Waals surface area contributed by atoms with Gasteiger partial charge in [-0.25, -0.2) is 4.79 Å². The smallest absolute Gasteiger partial charge is 0.337 e. The molecule has 144 valence electrons. The van der Waals surface area contributed by atoms with Crippen molar-refractivity contribution in [3.8, 4) is 0 Å². The van der Waals surface area contributed by atoms with Gasteiger partial charge in [-0.05, 0) is 41.2 Å². The number of hydrogen-bond acceptors (Lipinski definition) is 4. The molecule has 0 saturated carbocycles. The van der Waals surface area contributed by atoms with Crippen LogP contribution in [-0.2, 0) is 9.53 Å². The summed E-state index contributed by atoms with van der Waals surface area (Å²) >= 11 is 0. The molecule has 2 rings (SSSR count). The van der Waals surface area contributed by atoms with Gasteiger partial charge in [0, 0.05) is 11.4 Å². The molecule has 0 saturated heterocycles. The van der Waals surface area contributed by atoms with E-state index in [4.69, 9.17) is 4.74 Å². The lowest BCUT2D eigenvalue weighted by Gasteiger charge is -2.20. The Labute approximate surface area is 161 Å². The standard InChI is InChI=1S/C22H28N2O3/c1-14(2)18-10-7-11-19(15(3)4)21(18)24-20(25)13-23-17-9-6-8-16(12-17)22(26)27-5/h6-12,14-15,23H,13H2,1-5H3,(H,24,25). The fourth-order valence-corrected chi connectivity index (χ4v) is 2.94. The first-order valence-corrected chi connectivity index (χ1v) is 9.18. The van der Waals surface area contributed by atoms with E-state index in [-0.39, 0.29) is 12.5 Å². The minimum Gasteiger partial charge on any atom is -0.465 e. The Hall–Kier alpha value is -2.82. The molecule has 1 amide bonds. The molecule has 0 heterocycles. The summed E-state index contributed by atoms with van der Waals surface area (Å²) < 4.78 is 4.72. The number of benzene rings is 2. The molecule has 0 unspecified atom stereocenters. The topological polar surface area (TPSA) is 67.4 Å². The zero-order valence-corrected chi connectivity index (χ0v) is 16.6. The van der Waals surface area contributed by atoms with E-state index >= 15 is 0 Å². The lowest BCUT2D eigenvalue weighted by Crippen LogP contribution is -2.23. The zero-order valence-electron chi connectivity index (χ0n) is 16.6. The molecule has 5 heteroatoms. The summed E-state index contributed by atoms with van der Waals surface area (Å²) in [6, 6.07) is 13.0. The Morgan fingerprint density at radius 2 is 1.56 bits per heavy atom. The van der Waals surface area contributed by atoms with Gasteiger partial charge in [0.05, 0.1) is 19.2 Å². The molecule has 0 spiro atoms. The number of esters is 1. The van der Waals surface area contributed by atoms with Crippen LogP contribution < -0.4 is 10.6 Å². The number of hydrogen-bond donors (Lipinski definition) is 2. The lowest BCUT2D eigenvalue weighted by atomic mass is 9.92. The summed E-state index contributed by atoms with van der Waals surface area (Å²) in [5.41, 5.74) is 4.28. The molecule has 0 atom stereocenters. The van der Waals surface area contributed by atoms with Crippen molar-refractivity contribution in [3.05, 3.63) is 59.2 Å². The molecular weight excluding hydrogens is 340 g/mol. The van der Waals surface area contributed by atoms with Crippen LogP contribution in [0.15, 0.2) is 42.5 Å². The van der Waals surface area contributed by atoms with Crippen LogP contribution in [0.4, 0.5) is 11.4 Å². The maximum absolute atomic E-state index is 12.5. The van der Waals surface area contributed by atoms with Crippen LogP contribution in [0.25, 0.3) is 0 Å². The molecule has 0 bridgehead atoms. The maximum Gasteiger partial charge on any atom is 0.337 e. The highest BCUT2D eigenvalue weighted by atomic mass is 16.5. The molecule has 5 nitrogen and oxygen atoms in total.